The van der Waals surface area contributed by atoms with Crippen LogP contribution in [-0.2, 0) is 6.42 Å². The van der Waals surface area contributed by atoms with Gasteiger partial charge in [-0.2, -0.15) is 0 Å². The first kappa shape index (κ1) is 21.8. The lowest BCUT2D eigenvalue weighted by molar-refractivity contribution is -0.665. The van der Waals surface area contributed by atoms with Gasteiger partial charge in [-0.05, 0) is 61.1 Å². The maximum atomic E-state index is 4.46. The summed E-state index contributed by atoms with van der Waals surface area (Å²) >= 11 is 0. The van der Waals surface area contributed by atoms with Gasteiger partial charge in [-0.1, -0.05) is 69.7 Å². The molecule has 0 amide bonds. The lowest BCUT2D eigenvalue weighted by atomic mass is 10.0. The van der Waals surface area contributed by atoms with Crippen molar-refractivity contribution >= 4 is 0 Å². The molecule has 0 aliphatic rings. The third-order valence-corrected chi connectivity index (χ3v) is 5.96. The van der Waals surface area contributed by atoms with E-state index >= 15 is 0 Å². The van der Waals surface area contributed by atoms with Gasteiger partial charge in [0.1, 0.15) is 17.6 Å². The van der Waals surface area contributed by atoms with Crippen LogP contribution in [0.3, 0.4) is 0 Å². The van der Waals surface area contributed by atoms with Crippen LogP contribution < -0.4 is 14.5 Å². The number of rotatable bonds is 9. The summed E-state index contributed by atoms with van der Waals surface area (Å²) in [6.07, 6.45) is 9.75. The van der Waals surface area contributed by atoms with Crippen molar-refractivity contribution in [1.29, 1.82) is 0 Å². The van der Waals surface area contributed by atoms with Crippen LogP contribution in [0.1, 0.15) is 52.0 Å². The van der Waals surface area contributed by atoms with Crippen LogP contribution in [-0.4, -0.2) is 5.10 Å². The Labute approximate surface area is 191 Å². The molecular weight excluding hydrogens is 392 g/mol. The molecule has 0 radical (unpaired) electrons. The Morgan fingerprint density at radius 3 is 2.50 bits per heavy atom. The number of unbranched alkanes of at least 4 members (excludes halogenated alkanes) is 1. The van der Waals surface area contributed by atoms with E-state index in [4.69, 9.17) is 0 Å². The molecule has 4 aromatic rings. The van der Waals surface area contributed by atoms with Gasteiger partial charge in [-0.15, -0.1) is 5.10 Å². The van der Waals surface area contributed by atoms with Gasteiger partial charge in [-0.25, -0.2) is 0 Å². The fourth-order valence-electron chi connectivity index (χ4n) is 4.14. The molecule has 0 unspecified atom stereocenters. The Morgan fingerprint density at radius 2 is 1.69 bits per heavy atom. The zero-order valence-corrected chi connectivity index (χ0v) is 19.3. The average Bonchev–Trinajstić information content (AvgIpc) is 3.35. The fraction of sp³-hybridized carbons (Fsp3) is 0.286. The highest BCUT2D eigenvalue weighted by atomic mass is 15.4. The summed E-state index contributed by atoms with van der Waals surface area (Å²) in [5.74, 6) is 0. The van der Waals surface area contributed by atoms with E-state index < -0.39 is 0 Å². The zero-order chi connectivity index (χ0) is 22.3. The van der Waals surface area contributed by atoms with Crippen molar-refractivity contribution in [2.24, 2.45) is 0 Å². The molecule has 0 saturated heterocycles. The molecule has 2 aromatic carbocycles. The Morgan fingerprint density at radius 1 is 0.875 bits per heavy atom. The van der Waals surface area contributed by atoms with Gasteiger partial charge in [0, 0.05) is 5.56 Å². The molecule has 164 valence electrons. The summed E-state index contributed by atoms with van der Waals surface area (Å²) in [6.45, 7) is 6.66. The SMILES string of the molecule is CCCCc1cccc(-c2c[n+](-c3cccc(-c4cccc[n+]4[C-](CC)CC)c3)[n-]n2)c1. The molecule has 0 aliphatic carbocycles. The van der Waals surface area contributed by atoms with E-state index in [0.717, 1.165) is 36.2 Å². The first-order valence-corrected chi connectivity index (χ1v) is 11.7. The van der Waals surface area contributed by atoms with Crippen LogP contribution in [0.2, 0.25) is 0 Å². The Kier molecular flexibility index (Phi) is 7.00. The van der Waals surface area contributed by atoms with Crippen molar-refractivity contribution < 1.29 is 9.25 Å². The van der Waals surface area contributed by atoms with Crippen LogP contribution in [0.5, 0.6) is 0 Å². The fourth-order valence-corrected chi connectivity index (χ4v) is 4.14. The standard InChI is InChI=1S/C28H32N4/c1-4-7-12-22-13-10-14-23(19-22)27-21-32(30-29-27)26-16-11-15-24(20-26)28-17-8-9-18-31(28)25(5-2)6-3/h8-11,13-21H,4-7,12H2,1-3H3. The Balaban J connectivity index is 1.65. The van der Waals surface area contributed by atoms with E-state index in [1.807, 2.05) is 10.9 Å². The summed E-state index contributed by atoms with van der Waals surface area (Å²) in [4.78, 5) is 0. The van der Waals surface area contributed by atoms with Crippen molar-refractivity contribution in [2.75, 3.05) is 0 Å². The van der Waals surface area contributed by atoms with Gasteiger partial charge in [0.05, 0.1) is 12.2 Å². The van der Waals surface area contributed by atoms with Crippen LogP contribution >= 0.6 is 0 Å². The van der Waals surface area contributed by atoms with E-state index in [0.29, 0.717) is 0 Å². The van der Waals surface area contributed by atoms with E-state index in [2.05, 4.69) is 109 Å². The monoisotopic (exact) mass is 424 g/mol. The van der Waals surface area contributed by atoms with Gasteiger partial charge in [0.25, 0.3) is 0 Å². The minimum atomic E-state index is 0.899. The summed E-state index contributed by atoms with van der Waals surface area (Å²) in [5.41, 5.74) is 6.74. The van der Waals surface area contributed by atoms with Gasteiger partial charge in [0.2, 0.25) is 5.69 Å². The topological polar surface area (TPSA) is 34.8 Å². The maximum absolute atomic E-state index is 4.46. The summed E-state index contributed by atoms with van der Waals surface area (Å²) in [7, 11) is 0. The van der Waals surface area contributed by atoms with Gasteiger partial charge < -0.3 is 4.57 Å². The first-order valence-electron chi connectivity index (χ1n) is 11.7. The largest absolute Gasteiger partial charge is 0.328 e. The van der Waals surface area contributed by atoms with Crippen molar-refractivity contribution in [3.05, 3.63) is 90.7 Å². The highest BCUT2D eigenvalue weighted by Gasteiger charge is 2.14. The predicted molar refractivity (Wildman–Crippen MR) is 128 cm³/mol. The first-order chi connectivity index (χ1) is 15.7. The lowest BCUT2D eigenvalue weighted by Gasteiger charge is -2.20. The highest BCUT2D eigenvalue weighted by Crippen LogP contribution is 2.21. The molecule has 0 aliphatic heterocycles. The summed E-state index contributed by atoms with van der Waals surface area (Å²) < 4.78 is 4.18. The molecule has 0 spiro atoms. The van der Waals surface area contributed by atoms with Crippen LogP contribution in [0.4, 0.5) is 0 Å². The lowest BCUT2D eigenvalue weighted by Crippen LogP contribution is -2.41. The number of hydrogen-bond donors (Lipinski definition) is 0. The molecule has 2 aromatic heterocycles. The molecule has 0 N–H and O–H groups in total. The van der Waals surface area contributed by atoms with Crippen molar-refractivity contribution in [2.45, 2.75) is 52.9 Å². The van der Waals surface area contributed by atoms with Crippen molar-refractivity contribution in [3.8, 4) is 28.2 Å². The molecule has 0 fully saturated rings. The average molecular weight is 425 g/mol. The molecular formula is C28H32N4. The molecule has 0 bridgehead atoms. The maximum Gasteiger partial charge on any atom is 0.201 e. The number of benzene rings is 2. The molecule has 2 heterocycles. The Bertz CT molecular complexity index is 1160. The second-order valence-corrected chi connectivity index (χ2v) is 8.13. The second-order valence-electron chi connectivity index (χ2n) is 8.13. The van der Waals surface area contributed by atoms with Crippen molar-refractivity contribution in [3.63, 3.8) is 0 Å². The number of aryl methyl sites for hydroxylation is 1. The third-order valence-electron chi connectivity index (χ3n) is 5.96. The van der Waals surface area contributed by atoms with E-state index in [9.17, 15) is 0 Å². The van der Waals surface area contributed by atoms with E-state index in [1.165, 1.54) is 35.7 Å². The zero-order valence-electron chi connectivity index (χ0n) is 19.3. The van der Waals surface area contributed by atoms with Crippen LogP contribution in [0.15, 0.2) is 79.1 Å². The second kappa shape index (κ2) is 10.3. The number of pyridine rings is 1. The minimum Gasteiger partial charge on any atom is -0.328 e. The van der Waals surface area contributed by atoms with Gasteiger partial charge in [-0.3, -0.25) is 9.90 Å². The normalized spacial score (nSPS) is 11.0. The van der Waals surface area contributed by atoms with Gasteiger partial charge >= 0.3 is 0 Å². The predicted octanol–water partition coefficient (Wildman–Crippen LogP) is 5.48. The van der Waals surface area contributed by atoms with Crippen LogP contribution in [0.25, 0.3) is 28.2 Å². The number of nitrogens with zero attached hydrogens (tertiary/aromatic N) is 4. The quantitative estimate of drug-likeness (QED) is 0.263. The number of aromatic nitrogens is 4. The summed E-state index contributed by atoms with van der Waals surface area (Å²) in [6, 6.07) is 24.9. The molecule has 4 nitrogen and oxygen atoms in total. The molecule has 4 rings (SSSR count). The Hall–Kier alpha value is -3.40. The van der Waals surface area contributed by atoms with E-state index in [1.54, 1.807) is 0 Å². The molecule has 0 saturated carbocycles. The van der Waals surface area contributed by atoms with Crippen LogP contribution in [0, 0.1) is 6.04 Å². The molecule has 4 heteroatoms. The smallest absolute Gasteiger partial charge is 0.201 e. The number of hydrogen-bond acceptors (Lipinski definition) is 1. The molecule has 32 heavy (non-hydrogen) atoms. The van der Waals surface area contributed by atoms with Gasteiger partial charge in [0.15, 0.2) is 0 Å². The van der Waals surface area contributed by atoms with E-state index in [-0.39, 0.29) is 0 Å². The minimum absolute atomic E-state index is 0.899. The molecule has 0 atom stereocenters. The third kappa shape index (κ3) is 4.75. The van der Waals surface area contributed by atoms with Crippen molar-refractivity contribution in [1.82, 2.24) is 10.3 Å². The summed E-state index contributed by atoms with van der Waals surface area (Å²) in [5, 5.41) is 8.90. The highest BCUT2D eigenvalue weighted by molar-refractivity contribution is 5.60.